The summed E-state index contributed by atoms with van der Waals surface area (Å²) >= 11 is 0. The van der Waals surface area contributed by atoms with Crippen molar-refractivity contribution in [1.82, 2.24) is 0 Å². The average molecular weight is 210 g/mol. The lowest BCUT2D eigenvalue weighted by atomic mass is 9.96. The van der Waals surface area contributed by atoms with Crippen LogP contribution >= 0.6 is 0 Å². The quantitative estimate of drug-likeness (QED) is 0.636. The van der Waals surface area contributed by atoms with Gasteiger partial charge in [0, 0.05) is 0 Å². The van der Waals surface area contributed by atoms with Crippen molar-refractivity contribution in [3.8, 4) is 0 Å². The molecule has 0 unspecified atom stereocenters. The second-order valence-corrected chi connectivity index (χ2v) is 4.14. The standard InChI is InChI=1S/C16H18/c1-3-5-8-13(4-2)15-11-6-9-14-10-7-12-16(14)15/h4,6-9,11-12H,2-3,5,10H2,1H3/b13-8+. The Balaban J connectivity index is 2.43. The van der Waals surface area contributed by atoms with Gasteiger partial charge in [-0.1, -0.05) is 62.4 Å². The molecule has 0 fully saturated rings. The van der Waals surface area contributed by atoms with E-state index < -0.39 is 0 Å². The highest BCUT2D eigenvalue weighted by atomic mass is 14.1. The number of rotatable bonds is 4. The van der Waals surface area contributed by atoms with Crippen molar-refractivity contribution in [2.24, 2.45) is 0 Å². The largest absolute Gasteiger partial charge is 0.0985 e. The van der Waals surface area contributed by atoms with Crippen LogP contribution in [0, 0.1) is 0 Å². The molecule has 0 spiro atoms. The van der Waals surface area contributed by atoms with Crippen molar-refractivity contribution >= 4 is 11.6 Å². The lowest BCUT2D eigenvalue weighted by Gasteiger charge is -2.08. The molecule has 0 nitrogen and oxygen atoms in total. The Bertz CT molecular complexity index is 447. The Hall–Kier alpha value is -1.56. The summed E-state index contributed by atoms with van der Waals surface area (Å²) in [6.45, 7) is 6.12. The van der Waals surface area contributed by atoms with Crippen LogP contribution in [0.25, 0.3) is 11.6 Å². The van der Waals surface area contributed by atoms with Gasteiger partial charge in [0.1, 0.15) is 0 Å². The van der Waals surface area contributed by atoms with Crippen LogP contribution in [0.4, 0.5) is 0 Å². The van der Waals surface area contributed by atoms with E-state index in [4.69, 9.17) is 0 Å². The van der Waals surface area contributed by atoms with E-state index in [-0.39, 0.29) is 0 Å². The molecular formula is C16H18. The normalized spacial score (nSPS) is 13.9. The first-order valence-corrected chi connectivity index (χ1v) is 5.98. The fraction of sp³-hybridized carbons (Fsp3) is 0.250. The molecule has 0 heteroatoms. The molecule has 1 aliphatic rings. The molecule has 1 aromatic carbocycles. The van der Waals surface area contributed by atoms with Crippen LogP contribution in [0.2, 0.25) is 0 Å². The SMILES string of the molecule is C=C/C(=C\CCC)c1cccc2c1C=CC2. The Morgan fingerprint density at radius 3 is 3.06 bits per heavy atom. The van der Waals surface area contributed by atoms with Crippen LogP contribution in [-0.4, -0.2) is 0 Å². The summed E-state index contributed by atoms with van der Waals surface area (Å²) in [5.74, 6) is 0. The molecular weight excluding hydrogens is 192 g/mol. The van der Waals surface area contributed by atoms with Gasteiger partial charge < -0.3 is 0 Å². The molecule has 0 saturated heterocycles. The summed E-state index contributed by atoms with van der Waals surface area (Å²) < 4.78 is 0. The first-order valence-electron chi connectivity index (χ1n) is 5.98. The molecule has 0 radical (unpaired) electrons. The monoisotopic (exact) mass is 210 g/mol. The molecule has 1 aromatic rings. The lowest BCUT2D eigenvalue weighted by Crippen LogP contribution is -1.89. The van der Waals surface area contributed by atoms with E-state index in [0.29, 0.717) is 0 Å². The van der Waals surface area contributed by atoms with E-state index in [2.05, 4.69) is 49.9 Å². The Morgan fingerprint density at radius 1 is 1.44 bits per heavy atom. The van der Waals surface area contributed by atoms with Crippen molar-refractivity contribution in [3.63, 3.8) is 0 Å². The summed E-state index contributed by atoms with van der Waals surface area (Å²) in [7, 11) is 0. The summed E-state index contributed by atoms with van der Waals surface area (Å²) in [4.78, 5) is 0. The maximum atomic E-state index is 3.92. The zero-order chi connectivity index (χ0) is 11.4. The first-order chi connectivity index (χ1) is 7.86. The minimum absolute atomic E-state index is 1.07. The summed E-state index contributed by atoms with van der Waals surface area (Å²) in [5, 5.41) is 0. The molecule has 0 N–H and O–H groups in total. The number of hydrogen-bond acceptors (Lipinski definition) is 0. The topological polar surface area (TPSA) is 0 Å². The number of fused-ring (bicyclic) bond motifs is 1. The molecule has 16 heavy (non-hydrogen) atoms. The molecule has 0 saturated carbocycles. The molecule has 0 aromatic heterocycles. The molecule has 0 aliphatic heterocycles. The van der Waals surface area contributed by atoms with Gasteiger partial charge in [0.15, 0.2) is 0 Å². The van der Waals surface area contributed by atoms with E-state index in [1.54, 1.807) is 0 Å². The van der Waals surface area contributed by atoms with Gasteiger partial charge in [-0.3, -0.25) is 0 Å². The van der Waals surface area contributed by atoms with Gasteiger partial charge in [-0.15, -0.1) is 0 Å². The molecule has 0 atom stereocenters. The van der Waals surface area contributed by atoms with Gasteiger partial charge in [-0.05, 0) is 35.1 Å². The highest BCUT2D eigenvalue weighted by Crippen LogP contribution is 2.29. The van der Waals surface area contributed by atoms with Crippen molar-refractivity contribution in [1.29, 1.82) is 0 Å². The van der Waals surface area contributed by atoms with Crippen molar-refractivity contribution in [2.75, 3.05) is 0 Å². The molecule has 82 valence electrons. The van der Waals surface area contributed by atoms with Crippen LogP contribution in [0.15, 0.2) is 43.0 Å². The fourth-order valence-electron chi connectivity index (χ4n) is 2.15. The van der Waals surface area contributed by atoms with Gasteiger partial charge in [0.2, 0.25) is 0 Å². The van der Waals surface area contributed by atoms with Crippen molar-refractivity contribution in [3.05, 3.63) is 59.7 Å². The van der Waals surface area contributed by atoms with E-state index >= 15 is 0 Å². The third kappa shape index (κ3) is 2.01. The van der Waals surface area contributed by atoms with Gasteiger partial charge in [0.05, 0.1) is 0 Å². The van der Waals surface area contributed by atoms with Crippen LogP contribution in [0.1, 0.15) is 36.5 Å². The zero-order valence-corrected chi connectivity index (χ0v) is 9.87. The molecule has 0 heterocycles. The van der Waals surface area contributed by atoms with E-state index in [9.17, 15) is 0 Å². The zero-order valence-electron chi connectivity index (χ0n) is 9.87. The van der Waals surface area contributed by atoms with Gasteiger partial charge >= 0.3 is 0 Å². The molecule has 2 rings (SSSR count). The van der Waals surface area contributed by atoms with Crippen molar-refractivity contribution < 1.29 is 0 Å². The van der Waals surface area contributed by atoms with Gasteiger partial charge in [-0.25, -0.2) is 0 Å². The Labute approximate surface area is 98.0 Å². The predicted octanol–water partition coefficient (Wildman–Crippen LogP) is 4.63. The predicted molar refractivity (Wildman–Crippen MR) is 72.3 cm³/mol. The lowest BCUT2D eigenvalue weighted by molar-refractivity contribution is 0.960. The van der Waals surface area contributed by atoms with Crippen LogP contribution in [0.5, 0.6) is 0 Å². The first kappa shape index (κ1) is 10.9. The van der Waals surface area contributed by atoms with Crippen LogP contribution < -0.4 is 0 Å². The number of allylic oxidation sites excluding steroid dienone is 4. The smallest absolute Gasteiger partial charge is 0.00879 e. The minimum atomic E-state index is 1.07. The second kappa shape index (κ2) is 4.98. The number of hydrogen-bond donors (Lipinski definition) is 0. The van der Waals surface area contributed by atoms with Crippen LogP contribution in [-0.2, 0) is 6.42 Å². The second-order valence-electron chi connectivity index (χ2n) is 4.14. The van der Waals surface area contributed by atoms with E-state index in [1.807, 2.05) is 6.08 Å². The highest BCUT2D eigenvalue weighted by Gasteiger charge is 2.10. The maximum Gasteiger partial charge on any atom is -0.00879 e. The van der Waals surface area contributed by atoms with E-state index in [1.165, 1.54) is 28.7 Å². The maximum absolute atomic E-state index is 3.92. The van der Waals surface area contributed by atoms with Gasteiger partial charge in [-0.2, -0.15) is 0 Å². The van der Waals surface area contributed by atoms with Crippen molar-refractivity contribution in [2.45, 2.75) is 26.2 Å². The molecule has 1 aliphatic carbocycles. The third-order valence-electron chi connectivity index (χ3n) is 3.00. The third-order valence-corrected chi connectivity index (χ3v) is 3.00. The summed E-state index contributed by atoms with van der Waals surface area (Å²) in [6, 6.07) is 6.54. The summed E-state index contributed by atoms with van der Waals surface area (Å²) in [6.07, 6.45) is 12.1. The molecule has 0 bridgehead atoms. The Morgan fingerprint density at radius 2 is 2.31 bits per heavy atom. The highest BCUT2D eigenvalue weighted by molar-refractivity contribution is 5.82. The minimum Gasteiger partial charge on any atom is -0.0985 e. The molecule has 0 amide bonds. The Kier molecular flexibility index (Phi) is 3.40. The number of benzene rings is 1. The van der Waals surface area contributed by atoms with E-state index in [0.717, 1.165) is 12.8 Å². The average Bonchev–Trinajstić information content (AvgIpc) is 2.78. The van der Waals surface area contributed by atoms with Crippen LogP contribution in [0.3, 0.4) is 0 Å². The summed E-state index contributed by atoms with van der Waals surface area (Å²) in [5.41, 5.74) is 5.41. The number of unbranched alkanes of at least 4 members (excludes halogenated alkanes) is 1. The fourth-order valence-corrected chi connectivity index (χ4v) is 2.15. The van der Waals surface area contributed by atoms with Gasteiger partial charge in [0.25, 0.3) is 0 Å².